The Morgan fingerprint density at radius 3 is 2.67 bits per heavy atom. The monoisotopic (exact) mass is 213 g/mol. The van der Waals surface area contributed by atoms with Crippen LogP contribution in [0.5, 0.6) is 0 Å². The fourth-order valence-corrected chi connectivity index (χ4v) is 1.76. The van der Waals surface area contributed by atoms with Gasteiger partial charge < -0.3 is 10.0 Å². The molecule has 2 atom stereocenters. The Balaban J connectivity index is 2.40. The van der Waals surface area contributed by atoms with E-state index in [1.54, 1.807) is 4.90 Å². The average molecular weight is 213 g/mol. The second kappa shape index (κ2) is 5.14. The van der Waals surface area contributed by atoms with Gasteiger partial charge in [0.15, 0.2) is 0 Å². The van der Waals surface area contributed by atoms with E-state index in [-0.39, 0.29) is 11.8 Å². The second-order valence-corrected chi connectivity index (χ2v) is 4.38. The number of likely N-dealkylation sites (tertiary alicyclic amines) is 1. The quantitative estimate of drug-likeness (QED) is 0.767. The van der Waals surface area contributed by atoms with Crippen molar-refractivity contribution >= 4 is 11.9 Å². The number of carboxylic acids is 1. The maximum absolute atomic E-state index is 11.7. The Labute approximate surface area is 90.3 Å². The zero-order chi connectivity index (χ0) is 11.4. The van der Waals surface area contributed by atoms with Crippen molar-refractivity contribution in [3.8, 4) is 0 Å². The molecule has 15 heavy (non-hydrogen) atoms. The molecule has 86 valence electrons. The summed E-state index contributed by atoms with van der Waals surface area (Å²) in [4.78, 5) is 24.1. The molecule has 0 saturated carbocycles. The Morgan fingerprint density at radius 2 is 2.20 bits per heavy atom. The van der Waals surface area contributed by atoms with Crippen LogP contribution in [0.3, 0.4) is 0 Å². The predicted molar refractivity (Wildman–Crippen MR) is 56.4 cm³/mol. The topological polar surface area (TPSA) is 57.6 Å². The van der Waals surface area contributed by atoms with Gasteiger partial charge in [0.1, 0.15) is 0 Å². The van der Waals surface area contributed by atoms with E-state index in [1.807, 2.05) is 6.92 Å². The van der Waals surface area contributed by atoms with E-state index < -0.39 is 5.97 Å². The van der Waals surface area contributed by atoms with Crippen molar-refractivity contribution < 1.29 is 14.7 Å². The molecule has 0 unspecified atom stereocenters. The number of rotatable bonds is 4. The van der Waals surface area contributed by atoms with Crippen molar-refractivity contribution in [1.29, 1.82) is 0 Å². The zero-order valence-corrected chi connectivity index (χ0v) is 9.40. The number of hydrogen-bond acceptors (Lipinski definition) is 2. The lowest BCUT2D eigenvalue weighted by Crippen LogP contribution is -2.30. The van der Waals surface area contributed by atoms with Gasteiger partial charge in [-0.3, -0.25) is 9.59 Å². The molecule has 1 aliphatic heterocycles. The van der Waals surface area contributed by atoms with Gasteiger partial charge in [0.05, 0.1) is 5.92 Å². The lowest BCUT2D eigenvalue weighted by Gasteiger charge is -2.17. The van der Waals surface area contributed by atoms with Gasteiger partial charge in [-0.15, -0.1) is 0 Å². The first-order valence-corrected chi connectivity index (χ1v) is 5.55. The number of hydrogen-bond donors (Lipinski definition) is 1. The third-order valence-electron chi connectivity index (χ3n) is 3.11. The zero-order valence-electron chi connectivity index (χ0n) is 9.40. The molecule has 1 rings (SSSR count). The van der Waals surface area contributed by atoms with E-state index in [4.69, 9.17) is 5.11 Å². The van der Waals surface area contributed by atoms with E-state index in [0.29, 0.717) is 31.8 Å². The summed E-state index contributed by atoms with van der Waals surface area (Å²) in [6.07, 6.45) is 2.13. The summed E-state index contributed by atoms with van der Waals surface area (Å²) < 4.78 is 0. The van der Waals surface area contributed by atoms with Crippen LogP contribution in [-0.4, -0.2) is 35.0 Å². The van der Waals surface area contributed by atoms with Crippen LogP contribution >= 0.6 is 0 Å². The van der Waals surface area contributed by atoms with Crippen LogP contribution in [0.15, 0.2) is 0 Å². The van der Waals surface area contributed by atoms with Crippen LogP contribution in [0.1, 0.15) is 33.1 Å². The van der Waals surface area contributed by atoms with Crippen molar-refractivity contribution in [2.24, 2.45) is 11.8 Å². The predicted octanol–water partition coefficient (Wildman–Crippen LogP) is 1.36. The highest BCUT2D eigenvalue weighted by Crippen LogP contribution is 2.19. The molecule has 4 nitrogen and oxygen atoms in total. The van der Waals surface area contributed by atoms with Crippen LogP contribution in [0, 0.1) is 11.8 Å². The average Bonchev–Trinajstić information content (AvgIpc) is 2.66. The van der Waals surface area contributed by atoms with E-state index in [9.17, 15) is 9.59 Å². The van der Waals surface area contributed by atoms with Gasteiger partial charge in [0.2, 0.25) is 5.91 Å². The summed E-state index contributed by atoms with van der Waals surface area (Å²) in [7, 11) is 0. The van der Waals surface area contributed by atoms with Crippen LogP contribution in [0.4, 0.5) is 0 Å². The van der Waals surface area contributed by atoms with E-state index >= 15 is 0 Å². The largest absolute Gasteiger partial charge is 0.481 e. The molecule has 1 heterocycles. The summed E-state index contributed by atoms with van der Waals surface area (Å²) in [5, 5.41) is 8.80. The molecule has 0 aromatic rings. The molecule has 1 fully saturated rings. The summed E-state index contributed by atoms with van der Waals surface area (Å²) in [5.74, 6) is -0.644. The lowest BCUT2D eigenvalue weighted by atomic mass is 10.0. The first-order chi connectivity index (χ1) is 7.04. The minimum absolute atomic E-state index is 0.105. The van der Waals surface area contributed by atoms with Gasteiger partial charge in [-0.2, -0.15) is 0 Å². The van der Waals surface area contributed by atoms with Crippen LogP contribution in [0.25, 0.3) is 0 Å². The molecule has 1 N–H and O–H groups in total. The van der Waals surface area contributed by atoms with Crippen molar-refractivity contribution in [1.82, 2.24) is 4.90 Å². The molecular formula is C11H19NO3. The molecule has 0 aromatic heterocycles. The van der Waals surface area contributed by atoms with Crippen molar-refractivity contribution in [3.63, 3.8) is 0 Å². The molecule has 0 aromatic carbocycles. The van der Waals surface area contributed by atoms with Gasteiger partial charge in [-0.25, -0.2) is 0 Å². The lowest BCUT2D eigenvalue weighted by molar-refractivity contribution is -0.141. The highest BCUT2D eigenvalue weighted by molar-refractivity contribution is 5.78. The van der Waals surface area contributed by atoms with Crippen LogP contribution < -0.4 is 0 Å². The molecule has 1 aliphatic rings. The van der Waals surface area contributed by atoms with Crippen molar-refractivity contribution in [2.75, 3.05) is 13.1 Å². The van der Waals surface area contributed by atoms with Crippen LogP contribution in [0.2, 0.25) is 0 Å². The first-order valence-electron chi connectivity index (χ1n) is 5.55. The fraction of sp³-hybridized carbons (Fsp3) is 0.818. The maximum Gasteiger partial charge on any atom is 0.308 e. The molecule has 0 radical (unpaired) electrons. The number of carbonyl (C=O) groups is 2. The Bertz CT molecular complexity index is 252. The summed E-state index contributed by atoms with van der Waals surface area (Å²) >= 11 is 0. The molecular weight excluding hydrogens is 194 g/mol. The molecule has 1 amide bonds. The summed E-state index contributed by atoms with van der Waals surface area (Å²) in [6, 6.07) is 0. The van der Waals surface area contributed by atoms with Crippen LogP contribution in [-0.2, 0) is 9.59 Å². The Kier molecular flexibility index (Phi) is 4.12. The number of carboxylic acid groups (broad SMARTS) is 1. The molecule has 0 spiro atoms. The molecule has 4 heteroatoms. The molecule has 0 bridgehead atoms. The first kappa shape index (κ1) is 12.0. The van der Waals surface area contributed by atoms with Gasteiger partial charge in [0.25, 0.3) is 0 Å². The van der Waals surface area contributed by atoms with Gasteiger partial charge >= 0.3 is 5.97 Å². The number of nitrogens with zero attached hydrogens (tertiary/aromatic N) is 1. The SMILES string of the molecule is CC[C@H](C)CC(=O)N1CC[C@@H](C(=O)O)C1. The molecule has 1 saturated heterocycles. The van der Waals surface area contributed by atoms with Crippen molar-refractivity contribution in [3.05, 3.63) is 0 Å². The molecule has 0 aliphatic carbocycles. The highest BCUT2D eigenvalue weighted by atomic mass is 16.4. The maximum atomic E-state index is 11.7. The Hall–Kier alpha value is -1.06. The van der Waals surface area contributed by atoms with Gasteiger partial charge in [-0.1, -0.05) is 20.3 Å². The second-order valence-electron chi connectivity index (χ2n) is 4.38. The summed E-state index contributed by atoms with van der Waals surface area (Å²) in [5.41, 5.74) is 0. The summed E-state index contributed by atoms with van der Waals surface area (Å²) in [6.45, 7) is 5.10. The normalized spacial score (nSPS) is 22.8. The Morgan fingerprint density at radius 1 is 1.53 bits per heavy atom. The highest BCUT2D eigenvalue weighted by Gasteiger charge is 2.30. The minimum atomic E-state index is -0.783. The van der Waals surface area contributed by atoms with E-state index in [2.05, 4.69) is 6.92 Å². The van der Waals surface area contributed by atoms with E-state index in [0.717, 1.165) is 6.42 Å². The fourth-order valence-electron chi connectivity index (χ4n) is 1.76. The number of aliphatic carboxylic acids is 1. The third kappa shape index (κ3) is 3.22. The van der Waals surface area contributed by atoms with E-state index in [1.165, 1.54) is 0 Å². The standard InChI is InChI=1S/C11H19NO3/c1-3-8(2)6-10(13)12-5-4-9(7-12)11(14)15/h8-9H,3-7H2,1-2H3,(H,14,15)/t8-,9+/m0/s1. The number of amides is 1. The number of carbonyl (C=O) groups excluding carboxylic acids is 1. The van der Waals surface area contributed by atoms with Crippen molar-refractivity contribution in [2.45, 2.75) is 33.1 Å². The van der Waals surface area contributed by atoms with Gasteiger partial charge in [0, 0.05) is 19.5 Å². The minimum Gasteiger partial charge on any atom is -0.481 e. The third-order valence-corrected chi connectivity index (χ3v) is 3.11. The smallest absolute Gasteiger partial charge is 0.308 e. The van der Waals surface area contributed by atoms with Gasteiger partial charge in [-0.05, 0) is 12.3 Å².